The highest BCUT2D eigenvalue weighted by atomic mass is 16.5. The van der Waals surface area contributed by atoms with Gasteiger partial charge in [-0.2, -0.15) is 0 Å². The van der Waals surface area contributed by atoms with Crippen LogP contribution in [0.2, 0.25) is 0 Å². The van der Waals surface area contributed by atoms with Crippen molar-refractivity contribution in [3.05, 3.63) is 0 Å². The zero-order valence-electron chi connectivity index (χ0n) is 20.5. The van der Waals surface area contributed by atoms with Gasteiger partial charge in [0.25, 0.3) is 0 Å². The van der Waals surface area contributed by atoms with E-state index in [9.17, 15) is 14.4 Å². The minimum Gasteiger partial charge on any atom is -0.372 e. The molecule has 0 spiro atoms. The third kappa shape index (κ3) is 15.9. The van der Waals surface area contributed by atoms with E-state index in [-0.39, 0.29) is 41.3 Å². The monoisotopic (exact) mass is 399 g/mol. The van der Waals surface area contributed by atoms with E-state index >= 15 is 0 Å². The molecular weight excluding hydrogens is 354 g/mol. The highest BCUT2D eigenvalue weighted by molar-refractivity contribution is 6.03. The fraction of sp³-hybridized carbons (Fsp3) is 0.870. The third-order valence-corrected chi connectivity index (χ3v) is 3.97. The number of ketones is 3. The van der Waals surface area contributed by atoms with Gasteiger partial charge in [-0.15, -0.1) is 0 Å². The molecule has 0 radical (unpaired) electrons. The van der Waals surface area contributed by atoms with Gasteiger partial charge in [-0.05, 0) is 20.8 Å². The molecule has 0 rings (SSSR count). The third-order valence-electron chi connectivity index (χ3n) is 3.97. The summed E-state index contributed by atoms with van der Waals surface area (Å²) in [5, 5.41) is 3.30. The first kappa shape index (κ1) is 29.1. The van der Waals surface area contributed by atoms with E-state index < -0.39 is 10.8 Å². The smallest absolute Gasteiger partial charge is 0.163 e. The van der Waals surface area contributed by atoms with Gasteiger partial charge < -0.3 is 10.1 Å². The van der Waals surface area contributed by atoms with Crippen LogP contribution >= 0.6 is 0 Å². The maximum Gasteiger partial charge on any atom is 0.163 e. The normalized spacial score (nSPS) is 12.9. The minimum atomic E-state index is -0.402. The molecular formula is C23H45NO4. The lowest BCUT2D eigenvalue weighted by Gasteiger charge is -2.21. The van der Waals surface area contributed by atoms with Gasteiger partial charge in [0.15, 0.2) is 5.78 Å². The molecule has 0 saturated heterocycles. The van der Waals surface area contributed by atoms with E-state index in [2.05, 4.69) is 26.1 Å². The Morgan fingerprint density at radius 2 is 1.00 bits per heavy atom. The molecule has 0 aliphatic heterocycles. The van der Waals surface area contributed by atoms with Crippen LogP contribution in [0.3, 0.4) is 0 Å². The van der Waals surface area contributed by atoms with Gasteiger partial charge in [-0.1, -0.05) is 62.3 Å². The second-order valence-electron chi connectivity index (χ2n) is 11.4. The SMILES string of the molecule is CC(C)(C)C(=O)CC(=O)C(C)(C)C.CC(C)(C)NCCOCC(=O)C(C)(C)C. The van der Waals surface area contributed by atoms with Gasteiger partial charge in [0.05, 0.1) is 13.0 Å². The number of rotatable bonds is 7. The molecule has 0 fully saturated rings. The summed E-state index contributed by atoms with van der Waals surface area (Å²) >= 11 is 0. The van der Waals surface area contributed by atoms with Gasteiger partial charge in [0, 0.05) is 28.3 Å². The van der Waals surface area contributed by atoms with Gasteiger partial charge >= 0.3 is 0 Å². The number of Topliss-reactive ketones (excluding diaryl/α,β-unsaturated/α-hetero) is 3. The Morgan fingerprint density at radius 3 is 1.29 bits per heavy atom. The zero-order chi connectivity index (χ0) is 23.0. The van der Waals surface area contributed by atoms with Crippen LogP contribution < -0.4 is 5.32 Å². The first-order chi connectivity index (χ1) is 12.2. The molecule has 28 heavy (non-hydrogen) atoms. The summed E-state index contributed by atoms with van der Waals surface area (Å²) in [5.41, 5.74) is -0.989. The van der Waals surface area contributed by atoms with Crippen LogP contribution in [0.25, 0.3) is 0 Å². The number of hydrogen-bond acceptors (Lipinski definition) is 5. The van der Waals surface area contributed by atoms with Crippen molar-refractivity contribution in [2.75, 3.05) is 19.8 Å². The molecule has 0 unspecified atom stereocenters. The van der Waals surface area contributed by atoms with Crippen LogP contribution in [-0.4, -0.2) is 42.6 Å². The average Bonchev–Trinajstić information content (AvgIpc) is 2.43. The molecule has 0 bridgehead atoms. The summed E-state index contributed by atoms with van der Waals surface area (Å²) in [7, 11) is 0. The molecule has 5 nitrogen and oxygen atoms in total. The van der Waals surface area contributed by atoms with Crippen LogP contribution in [0, 0.1) is 16.2 Å². The summed E-state index contributed by atoms with van der Waals surface area (Å²) < 4.78 is 5.31. The first-order valence-corrected chi connectivity index (χ1v) is 10.1. The quantitative estimate of drug-likeness (QED) is 0.500. The summed E-state index contributed by atoms with van der Waals surface area (Å²) in [6, 6.07) is 0. The second-order valence-corrected chi connectivity index (χ2v) is 11.4. The van der Waals surface area contributed by atoms with Crippen LogP contribution in [0.15, 0.2) is 0 Å². The molecule has 0 aliphatic carbocycles. The molecule has 0 heterocycles. The molecule has 0 amide bonds. The van der Waals surface area contributed by atoms with Crippen molar-refractivity contribution in [1.29, 1.82) is 0 Å². The summed E-state index contributed by atoms with van der Waals surface area (Å²) in [6.07, 6.45) is 0.0625. The van der Waals surface area contributed by atoms with Crippen molar-refractivity contribution < 1.29 is 19.1 Å². The summed E-state index contributed by atoms with van der Waals surface area (Å²) in [5.74, 6) is 0.193. The van der Waals surface area contributed by atoms with Crippen molar-refractivity contribution in [3.63, 3.8) is 0 Å². The average molecular weight is 400 g/mol. The zero-order valence-corrected chi connectivity index (χ0v) is 20.5. The van der Waals surface area contributed by atoms with Gasteiger partial charge in [0.2, 0.25) is 0 Å². The Balaban J connectivity index is 0. The predicted molar refractivity (Wildman–Crippen MR) is 117 cm³/mol. The van der Waals surface area contributed by atoms with Crippen LogP contribution in [0.5, 0.6) is 0 Å². The van der Waals surface area contributed by atoms with E-state index in [1.165, 1.54) is 0 Å². The highest BCUT2D eigenvalue weighted by Gasteiger charge is 2.29. The van der Waals surface area contributed by atoms with Crippen molar-refractivity contribution >= 4 is 17.3 Å². The van der Waals surface area contributed by atoms with E-state index in [0.717, 1.165) is 6.54 Å². The van der Waals surface area contributed by atoms with E-state index in [4.69, 9.17) is 4.74 Å². The largest absolute Gasteiger partial charge is 0.372 e. The number of carbonyl (C=O) groups excluding carboxylic acids is 3. The number of carbonyl (C=O) groups is 3. The second kappa shape index (κ2) is 11.2. The van der Waals surface area contributed by atoms with Crippen molar-refractivity contribution in [2.45, 2.75) is 95.0 Å². The van der Waals surface area contributed by atoms with Gasteiger partial charge in [-0.3, -0.25) is 14.4 Å². The van der Waals surface area contributed by atoms with Crippen molar-refractivity contribution in [2.24, 2.45) is 16.2 Å². The highest BCUT2D eigenvalue weighted by Crippen LogP contribution is 2.22. The lowest BCUT2D eigenvalue weighted by atomic mass is 9.82. The topological polar surface area (TPSA) is 72.5 Å². The number of ether oxygens (including phenoxy) is 1. The van der Waals surface area contributed by atoms with Crippen molar-refractivity contribution in [1.82, 2.24) is 5.32 Å². The number of nitrogens with one attached hydrogen (secondary N) is 1. The van der Waals surface area contributed by atoms with Crippen LogP contribution in [0.4, 0.5) is 0 Å². The van der Waals surface area contributed by atoms with Crippen LogP contribution in [-0.2, 0) is 19.1 Å². The molecule has 0 aliphatic rings. The molecule has 166 valence electrons. The fourth-order valence-corrected chi connectivity index (χ4v) is 1.56. The Bertz CT molecular complexity index is 485. The molecule has 0 aromatic heterocycles. The minimum absolute atomic E-state index is 0.0208. The maximum absolute atomic E-state index is 11.5. The fourth-order valence-electron chi connectivity index (χ4n) is 1.56. The van der Waals surface area contributed by atoms with Gasteiger partial charge in [-0.25, -0.2) is 0 Å². The molecule has 1 N–H and O–H groups in total. The van der Waals surface area contributed by atoms with Crippen LogP contribution in [0.1, 0.15) is 89.5 Å². The van der Waals surface area contributed by atoms with Crippen molar-refractivity contribution in [3.8, 4) is 0 Å². The Labute approximate surface area is 173 Å². The van der Waals surface area contributed by atoms with Gasteiger partial charge in [0.1, 0.15) is 18.2 Å². The molecule has 5 heteroatoms. The Kier molecular flexibility index (Phi) is 11.7. The predicted octanol–water partition coefficient (Wildman–Crippen LogP) is 4.61. The molecule has 0 saturated carbocycles. The Hall–Kier alpha value is -1.07. The van der Waals surface area contributed by atoms with E-state index in [1.807, 2.05) is 62.3 Å². The maximum atomic E-state index is 11.5. The Morgan fingerprint density at radius 1 is 0.643 bits per heavy atom. The first-order valence-electron chi connectivity index (χ1n) is 10.1. The van der Waals surface area contributed by atoms with E-state index in [0.29, 0.717) is 6.61 Å². The standard InChI is InChI=1S/C12H25NO2.C11H20O2/c1-11(2,3)10(14)9-15-8-7-13-12(4,5)6;1-10(2,3)8(12)7-9(13)11(4,5)6/h13H,7-9H2,1-6H3;7H2,1-6H3. The summed E-state index contributed by atoms with van der Waals surface area (Å²) in [6.45, 7) is 24.6. The lowest BCUT2D eigenvalue weighted by molar-refractivity contribution is -0.135. The lowest BCUT2D eigenvalue weighted by Crippen LogP contribution is -2.38. The molecule has 0 aromatic carbocycles. The molecule has 0 atom stereocenters. The molecule has 0 aromatic rings. The van der Waals surface area contributed by atoms with E-state index in [1.54, 1.807) is 0 Å². The summed E-state index contributed by atoms with van der Waals surface area (Å²) in [4.78, 5) is 34.5. The number of hydrogen-bond donors (Lipinski definition) is 1.